The van der Waals surface area contributed by atoms with Gasteiger partial charge in [0.05, 0.1) is 0 Å². The number of nitrogens with one attached hydrogen (secondary N) is 2. The third kappa shape index (κ3) is 5.08. The summed E-state index contributed by atoms with van der Waals surface area (Å²) in [7, 11) is 0. The molecule has 0 saturated heterocycles. The highest BCUT2D eigenvalue weighted by Gasteiger charge is 2.23. The van der Waals surface area contributed by atoms with Crippen molar-refractivity contribution in [1.82, 2.24) is 5.32 Å². The Balaban J connectivity index is 1.48. The molecule has 2 saturated carbocycles. The Morgan fingerprint density at radius 3 is 2.57 bits per heavy atom. The van der Waals surface area contributed by atoms with Crippen LogP contribution >= 0.6 is 0 Å². The predicted octanol–water partition coefficient (Wildman–Crippen LogP) is 3.88. The largest absolute Gasteiger partial charge is 0.349 e. The molecule has 0 heterocycles. The number of amides is 2. The van der Waals surface area contributed by atoms with Gasteiger partial charge < -0.3 is 10.6 Å². The molecule has 23 heavy (non-hydrogen) atoms. The molecule has 2 N–H and O–H groups in total. The van der Waals surface area contributed by atoms with Crippen LogP contribution in [0, 0.1) is 5.92 Å². The molecule has 4 heteroatoms. The minimum absolute atomic E-state index is 0.0502. The Labute approximate surface area is 138 Å². The Hall–Kier alpha value is -1.84. The van der Waals surface area contributed by atoms with E-state index in [9.17, 15) is 9.59 Å². The van der Waals surface area contributed by atoms with Crippen LogP contribution < -0.4 is 10.6 Å². The second-order valence-corrected chi connectivity index (χ2v) is 6.92. The van der Waals surface area contributed by atoms with E-state index >= 15 is 0 Å². The minimum atomic E-state index is -0.0502. The van der Waals surface area contributed by atoms with Gasteiger partial charge in [-0.2, -0.15) is 0 Å². The first kappa shape index (κ1) is 16.0. The van der Waals surface area contributed by atoms with E-state index in [0.29, 0.717) is 29.6 Å². The number of hydrogen-bond acceptors (Lipinski definition) is 2. The monoisotopic (exact) mass is 314 g/mol. The summed E-state index contributed by atoms with van der Waals surface area (Å²) in [6.45, 7) is 0. The number of anilines is 1. The second-order valence-electron chi connectivity index (χ2n) is 6.92. The van der Waals surface area contributed by atoms with Crippen molar-refractivity contribution in [3.8, 4) is 0 Å². The number of carbonyl (C=O) groups excluding carboxylic acids is 2. The summed E-state index contributed by atoms with van der Waals surface area (Å²) in [4.78, 5) is 24.2. The zero-order valence-corrected chi connectivity index (χ0v) is 13.6. The number of rotatable bonds is 6. The fraction of sp³-hybridized carbons (Fsp3) is 0.579. The van der Waals surface area contributed by atoms with Crippen LogP contribution in [0.15, 0.2) is 24.3 Å². The van der Waals surface area contributed by atoms with Gasteiger partial charge in [-0.3, -0.25) is 9.59 Å². The van der Waals surface area contributed by atoms with Crippen molar-refractivity contribution in [2.45, 2.75) is 63.8 Å². The molecule has 0 aromatic heterocycles. The van der Waals surface area contributed by atoms with Gasteiger partial charge >= 0.3 is 0 Å². The molecule has 0 spiro atoms. The van der Waals surface area contributed by atoms with E-state index in [4.69, 9.17) is 0 Å². The van der Waals surface area contributed by atoms with Crippen molar-refractivity contribution in [2.24, 2.45) is 5.92 Å². The highest BCUT2D eigenvalue weighted by atomic mass is 16.2. The lowest BCUT2D eigenvalue weighted by Gasteiger charge is -2.21. The molecule has 0 bridgehead atoms. The third-order valence-corrected chi connectivity index (χ3v) is 4.83. The van der Waals surface area contributed by atoms with Crippen molar-refractivity contribution in [1.29, 1.82) is 0 Å². The number of hydrogen-bond donors (Lipinski definition) is 2. The Kier molecular flexibility index (Phi) is 5.31. The van der Waals surface area contributed by atoms with Gasteiger partial charge in [0.25, 0.3) is 5.91 Å². The zero-order valence-electron chi connectivity index (χ0n) is 13.6. The molecule has 2 fully saturated rings. The van der Waals surface area contributed by atoms with Gasteiger partial charge in [-0.25, -0.2) is 0 Å². The molecule has 0 atom stereocenters. The summed E-state index contributed by atoms with van der Waals surface area (Å²) in [5.74, 6) is 0.714. The van der Waals surface area contributed by atoms with Crippen LogP contribution in [0.25, 0.3) is 0 Å². The van der Waals surface area contributed by atoms with E-state index in [0.717, 1.165) is 19.3 Å². The highest BCUT2D eigenvalue weighted by molar-refractivity contribution is 5.97. The minimum Gasteiger partial charge on any atom is -0.349 e. The van der Waals surface area contributed by atoms with Crippen molar-refractivity contribution in [3.05, 3.63) is 29.8 Å². The van der Waals surface area contributed by atoms with Gasteiger partial charge in [0.1, 0.15) is 0 Å². The van der Waals surface area contributed by atoms with Crippen molar-refractivity contribution < 1.29 is 9.59 Å². The molecule has 4 nitrogen and oxygen atoms in total. The molecule has 1 aromatic carbocycles. The maximum Gasteiger partial charge on any atom is 0.251 e. The van der Waals surface area contributed by atoms with E-state index in [1.165, 1.54) is 32.1 Å². The van der Waals surface area contributed by atoms with Crippen LogP contribution in [-0.2, 0) is 4.79 Å². The van der Waals surface area contributed by atoms with E-state index in [1.54, 1.807) is 12.1 Å². The Morgan fingerprint density at radius 1 is 1.04 bits per heavy atom. The smallest absolute Gasteiger partial charge is 0.251 e. The van der Waals surface area contributed by atoms with Gasteiger partial charge in [-0.1, -0.05) is 38.2 Å². The molecule has 1 aromatic rings. The standard InChI is InChI=1S/C19H26N2O2/c22-18(12-9-14-5-2-1-3-6-14)20-17-8-4-7-15(13-17)19(23)21-16-10-11-16/h4,7-8,13-14,16H,1-3,5-6,9-12H2,(H,20,22)(H,21,23). The van der Waals surface area contributed by atoms with Crippen LogP contribution in [-0.4, -0.2) is 17.9 Å². The number of benzene rings is 1. The van der Waals surface area contributed by atoms with E-state index in [-0.39, 0.29) is 11.8 Å². The van der Waals surface area contributed by atoms with Crippen LogP contribution in [0.2, 0.25) is 0 Å². The van der Waals surface area contributed by atoms with Gasteiger partial charge in [0.15, 0.2) is 0 Å². The number of carbonyl (C=O) groups is 2. The molecule has 0 aliphatic heterocycles. The van der Waals surface area contributed by atoms with E-state index in [1.807, 2.05) is 12.1 Å². The van der Waals surface area contributed by atoms with Gasteiger partial charge in [0, 0.05) is 23.7 Å². The van der Waals surface area contributed by atoms with Gasteiger partial charge in [0.2, 0.25) is 5.91 Å². The lowest BCUT2D eigenvalue weighted by Crippen LogP contribution is -2.25. The summed E-state index contributed by atoms with van der Waals surface area (Å²) in [5.41, 5.74) is 1.32. The molecule has 3 rings (SSSR count). The van der Waals surface area contributed by atoms with E-state index in [2.05, 4.69) is 10.6 Å². The molecule has 0 radical (unpaired) electrons. The van der Waals surface area contributed by atoms with Gasteiger partial charge in [-0.15, -0.1) is 0 Å². The average Bonchev–Trinajstić information content (AvgIpc) is 3.38. The normalized spacial score (nSPS) is 18.4. The van der Waals surface area contributed by atoms with Crippen molar-refractivity contribution in [3.63, 3.8) is 0 Å². The molecule has 0 unspecified atom stereocenters. The first-order valence-electron chi connectivity index (χ1n) is 8.91. The Bertz CT molecular complexity index is 560. The fourth-order valence-electron chi connectivity index (χ4n) is 3.27. The lowest BCUT2D eigenvalue weighted by atomic mass is 9.86. The lowest BCUT2D eigenvalue weighted by molar-refractivity contribution is -0.116. The van der Waals surface area contributed by atoms with E-state index < -0.39 is 0 Å². The summed E-state index contributed by atoms with van der Waals surface area (Å²) in [6, 6.07) is 7.55. The van der Waals surface area contributed by atoms with Crippen molar-refractivity contribution in [2.75, 3.05) is 5.32 Å². The maximum absolute atomic E-state index is 12.1. The quantitative estimate of drug-likeness (QED) is 0.837. The Morgan fingerprint density at radius 2 is 1.83 bits per heavy atom. The molecular formula is C19H26N2O2. The molecule has 2 amide bonds. The SMILES string of the molecule is O=C(CCC1CCCCC1)Nc1cccc(C(=O)NC2CC2)c1. The predicted molar refractivity (Wildman–Crippen MR) is 91.4 cm³/mol. The molecular weight excluding hydrogens is 288 g/mol. The summed E-state index contributed by atoms with van der Waals surface area (Å²) >= 11 is 0. The molecule has 2 aliphatic carbocycles. The molecule has 2 aliphatic rings. The summed E-state index contributed by atoms with van der Waals surface area (Å²) in [5, 5.41) is 5.89. The molecule has 124 valence electrons. The zero-order chi connectivity index (χ0) is 16.1. The van der Waals surface area contributed by atoms with Crippen LogP contribution in [0.5, 0.6) is 0 Å². The van der Waals surface area contributed by atoms with Crippen molar-refractivity contribution >= 4 is 17.5 Å². The average molecular weight is 314 g/mol. The van der Waals surface area contributed by atoms with Crippen LogP contribution in [0.3, 0.4) is 0 Å². The third-order valence-electron chi connectivity index (χ3n) is 4.83. The maximum atomic E-state index is 12.1. The second kappa shape index (κ2) is 7.62. The first-order valence-corrected chi connectivity index (χ1v) is 8.91. The van der Waals surface area contributed by atoms with Crippen LogP contribution in [0.1, 0.15) is 68.1 Å². The highest BCUT2D eigenvalue weighted by Crippen LogP contribution is 2.27. The van der Waals surface area contributed by atoms with Gasteiger partial charge in [-0.05, 0) is 43.4 Å². The summed E-state index contributed by atoms with van der Waals surface area (Å²) < 4.78 is 0. The fourth-order valence-corrected chi connectivity index (χ4v) is 3.27. The summed E-state index contributed by atoms with van der Waals surface area (Å²) in [6.07, 6.45) is 10.2. The topological polar surface area (TPSA) is 58.2 Å². The first-order chi connectivity index (χ1) is 11.2. The van der Waals surface area contributed by atoms with Crippen LogP contribution in [0.4, 0.5) is 5.69 Å².